The van der Waals surface area contributed by atoms with E-state index < -0.39 is 5.82 Å². The molecule has 0 unspecified atom stereocenters. The van der Waals surface area contributed by atoms with E-state index in [0.29, 0.717) is 21.0 Å². The molecule has 0 aliphatic rings. The summed E-state index contributed by atoms with van der Waals surface area (Å²) in [5.74, 6) is -0.0799. The van der Waals surface area contributed by atoms with Crippen LogP contribution in [0.25, 0.3) is 11.4 Å². The summed E-state index contributed by atoms with van der Waals surface area (Å²) in [6.45, 7) is 0. The molecule has 1 heterocycles. The van der Waals surface area contributed by atoms with Gasteiger partial charge in [-0.1, -0.05) is 23.2 Å². The molecule has 0 aliphatic carbocycles. The highest BCUT2D eigenvalue weighted by Crippen LogP contribution is 2.25. The number of hydrogen-bond acceptors (Lipinski definition) is 2. The predicted molar refractivity (Wildman–Crippen MR) is 65.1 cm³/mol. The van der Waals surface area contributed by atoms with Gasteiger partial charge in [0.1, 0.15) is 11.0 Å². The topological polar surface area (TPSA) is 25.8 Å². The molecule has 0 atom stereocenters. The molecule has 6 heteroatoms. The monoisotopic (exact) mass is 320 g/mol. The third-order valence-corrected chi connectivity index (χ3v) is 3.27. The third kappa shape index (κ3) is 2.34. The molecule has 2 rings (SSSR count). The van der Waals surface area contributed by atoms with Gasteiger partial charge in [0.25, 0.3) is 0 Å². The first-order valence-electron chi connectivity index (χ1n) is 4.21. The van der Waals surface area contributed by atoms with Crippen LogP contribution in [-0.4, -0.2) is 9.97 Å². The first kappa shape index (κ1) is 11.8. The van der Waals surface area contributed by atoms with Gasteiger partial charge in [-0.3, -0.25) is 0 Å². The van der Waals surface area contributed by atoms with Crippen LogP contribution in [0.5, 0.6) is 0 Å². The van der Waals surface area contributed by atoms with Crippen LogP contribution in [0.2, 0.25) is 10.2 Å². The fourth-order valence-corrected chi connectivity index (χ4v) is 1.62. The molecule has 1 aromatic carbocycles. The van der Waals surface area contributed by atoms with Gasteiger partial charge in [-0.2, -0.15) is 0 Å². The van der Waals surface area contributed by atoms with Crippen LogP contribution in [-0.2, 0) is 0 Å². The molecule has 0 bridgehead atoms. The van der Waals surface area contributed by atoms with Crippen molar-refractivity contribution in [3.63, 3.8) is 0 Å². The Morgan fingerprint density at radius 2 is 2.00 bits per heavy atom. The number of benzene rings is 1. The summed E-state index contributed by atoms with van der Waals surface area (Å²) >= 11 is 14.7. The van der Waals surface area contributed by atoms with E-state index in [0.717, 1.165) is 0 Å². The van der Waals surface area contributed by atoms with Gasteiger partial charge < -0.3 is 0 Å². The number of hydrogen-bond donors (Lipinski definition) is 0. The van der Waals surface area contributed by atoms with E-state index in [9.17, 15) is 4.39 Å². The lowest BCUT2D eigenvalue weighted by Gasteiger charge is -2.02. The fourth-order valence-electron chi connectivity index (χ4n) is 1.12. The van der Waals surface area contributed by atoms with E-state index in [4.69, 9.17) is 23.2 Å². The molecule has 0 aliphatic heterocycles. The van der Waals surface area contributed by atoms with Crippen LogP contribution in [0.15, 0.2) is 28.9 Å². The van der Waals surface area contributed by atoms with Crippen molar-refractivity contribution in [1.29, 1.82) is 0 Å². The molecule has 0 spiro atoms. The van der Waals surface area contributed by atoms with E-state index in [1.165, 1.54) is 18.3 Å². The molecule has 16 heavy (non-hydrogen) atoms. The van der Waals surface area contributed by atoms with E-state index in [1.807, 2.05) is 0 Å². The van der Waals surface area contributed by atoms with Crippen molar-refractivity contribution < 1.29 is 4.39 Å². The molecule has 0 fully saturated rings. The maximum absolute atomic E-state index is 13.0. The van der Waals surface area contributed by atoms with Crippen LogP contribution in [0, 0.1) is 5.82 Å². The van der Waals surface area contributed by atoms with Gasteiger partial charge in [0.2, 0.25) is 0 Å². The van der Waals surface area contributed by atoms with Crippen LogP contribution in [0.1, 0.15) is 0 Å². The van der Waals surface area contributed by atoms with E-state index in [2.05, 4.69) is 25.9 Å². The highest BCUT2D eigenvalue weighted by Gasteiger charge is 2.07. The van der Waals surface area contributed by atoms with Crippen LogP contribution < -0.4 is 0 Å². The average Bonchev–Trinajstić information content (AvgIpc) is 2.26. The van der Waals surface area contributed by atoms with Crippen LogP contribution in [0.3, 0.4) is 0 Å². The van der Waals surface area contributed by atoms with Crippen molar-refractivity contribution in [1.82, 2.24) is 9.97 Å². The standard InChI is InChI=1S/C10H4BrCl2FN2/c11-6-4-15-10(16-9(6)13)5-1-2-8(14)7(12)3-5/h1-4H. The van der Waals surface area contributed by atoms with Crippen molar-refractivity contribution >= 4 is 39.1 Å². The van der Waals surface area contributed by atoms with Crippen molar-refractivity contribution in [2.45, 2.75) is 0 Å². The van der Waals surface area contributed by atoms with E-state index in [1.54, 1.807) is 6.07 Å². The quantitative estimate of drug-likeness (QED) is 0.730. The molecule has 0 radical (unpaired) electrons. The lowest BCUT2D eigenvalue weighted by Crippen LogP contribution is -1.90. The molecule has 2 nitrogen and oxygen atoms in total. The third-order valence-electron chi connectivity index (χ3n) is 1.88. The SMILES string of the molecule is Fc1ccc(-c2ncc(Br)c(Cl)n2)cc1Cl. The van der Waals surface area contributed by atoms with Crippen molar-refractivity contribution in [3.8, 4) is 11.4 Å². The van der Waals surface area contributed by atoms with Crippen LogP contribution >= 0.6 is 39.1 Å². The summed E-state index contributed by atoms with van der Waals surface area (Å²) < 4.78 is 13.6. The van der Waals surface area contributed by atoms with Gasteiger partial charge in [-0.15, -0.1) is 0 Å². The Labute approximate surface area is 110 Å². The molecule has 0 amide bonds. The maximum Gasteiger partial charge on any atom is 0.160 e. The summed E-state index contributed by atoms with van der Waals surface area (Å²) in [7, 11) is 0. The van der Waals surface area contributed by atoms with E-state index in [-0.39, 0.29) is 5.02 Å². The van der Waals surface area contributed by atoms with Crippen LogP contribution in [0.4, 0.5) is 4.39 Å². The van der Waals surface area contributed by atoms with E-state index >= 15 is 0 Å². The number of halogens is 4. The van der Waals surface area contributed by atoms with Gasteiger partial charge in [0.15, 0.2) is 5.82 Å². The second kappa shape index (κ2) is 4.65. The molecule has 0 saturated carbocycles. The second-order valence-electron chi connectivity index (χ2n) is 2.96. The second-order valence-corrected chi connectivity index (χ2v) is 4.58. The highest BCUT2D eigenvalue weighted by molar-refractivity contribution is 9.10. The molecule has 82 valence electrons. The highest BCUT2D eigenvalue weighted by atomic mass is 79.9. The Kier molecular flexibility index (Phi) is 3.42. The minimum atomic E-state index is -0.478. The van der Waals surface area contributed by atoms with Gasteiger partial charge >= 0.3 is 0 Å². The zero-order valence-electron chi connectivity index (χ0n) is 7.72. The molecule has 0 N–H and O–H groups in total. The summed E-state index contributed by atoms with van der Waals surface area (Å²) in [5.41, 5.74) is 0.612. The molecular formula is C10H4BrCl2FN2. The smallest absolute Gasteiger partial charge is 0.160 e. The van der Waals surface area contributed by atoms with Crippen molar-refractivity contribution in [2.75, 3.05) is 0 Å². The minimum absolute atomic E-state index is 0.0279. The van der Waals surface area contributed by atoms with Crippen molar-refractivity contribution in [2.24, 2.45) is 0 Å². The molecule has 2 aromatic rings. The largest absolute Gasteiger partial charge is 0.235 e. The number of nitrogens with zero attached hydrogens (tertiary/aromatic N) is 2. The predicted octanol–water partition coefficient (Wildman–Crippen LogP) is 4.35. The fraction of sp³-hybridized carbons (Fsp3) is 0. The maximum atomic E-state index is 13.0. The lowest BCUT2D eigenvalue weighted by molar-refractivity contribution is 0.628. The van der Waals surface area contributed by atoms with Gasteiger partial charge in [-0.25, -0.2) is 14.4 Å². The molecular weight excluding hydrogens is 318 g/mol. The average molecular weight is 322 g/mol. The summed E-state index contributed by atoms with van der Waals surface area (Å²) in [6.07, 6.45) is 1.53. The van der Waals surface area contributed by atoms with Crippen molar-refractivity contribution in [3.05, 3.63) is 44.9 Å². The first-order chi connectivity index (χ1) is 7.58. The molecule has 0 saturated heterocycles. The summed E-state index contributed by atoms with van der Waals surface area (Å²) in [6, 6.07) is 4.26. The van der Waals surface area contributed by atoms with Gasteiger partial charge in [0, 0.05) is 11.8 Å². The Morgan fingerprint density at radius 1 is 1.25 bits per heavy atom. The minimum Gasteiger partial charge on any atom is -0.235 e. The Balaban J connectivity index is 2.50. The van der Waals surface area contributed by atoms with Gasteiger partial charge in [-0.05, 0) is 34.1 Å². The summed E-state index contributed by atoms with van der Waals surface area (Å²) in [5, 5.41) is 0.325. The molecule has 1 aromatic heterocycles. The zero-order chi connectivity index (χ0) is 11.7. The number of aromatic nitrogens is 2. The normalized spacial score (nSPS) is 10.5. The van der Waals surface area contributed by atoms with Gasteiger partial charge in [0.05, 0.1) is 9.50 Å². The Hall–Kier alpha value is -0.710. The number of rotatable bonds is 1. The zero-order valence-corrected chi connectivity index (χ0v) is 10.8. The first-order valence-corrected chi connectivity index (χ1v) is 5.76. The lowest BCUT2D eigenvalue weighted by atomic mass is 10.2. The Bertz CT molecular complexity index is 499. The Morgan fingerprint density at radius 3 is 2.62 bits per heavy atom. The summed E-state index contributed by atoms with van der Waals surface area (Å²) in [4.78, 5) is 8.10.